The zero-order valence-corrected chi connectivity index (χ0v) is 33.4. The lowest BCUT2D eigenvalue weighted by Crippen LogP contribution is -2.76. The van der Waals surface area contributed by atoms with Crippen LogP contribution in [0.2, 0.25) is 0 Å². The largest absolute Gasteiger partial charge is 0.496 e. The molecule has 0 aromatic heterocycles. The number of ether oxygens (including phenoxy) is 5. The molecule has 292 valence electrons. The Balaban J connectivity index is 1.12. The van der Waals surface area contributed by atoms with Gasteiger partial charge in [0.25, 0.3) is 0 Å². The van der Waals surface area contributed by atoms with Gasteiger partial charge in [-0.25, -0.2) is 0 Å². The number of fused-ring (bicyclic) bond motifs is 6. The van der Waals surface area contributed by atoms with Crippen LogP contribution in [0, 0.1) is 23.7 Å². The topological polar surface area (TPSA) is 96.5 Å². The quantitative estimate of drug-likeness (QED) is 0.241. The van der Waals surface area contributed by atoms with E-state index in [0.29, 0.717) is 6.04 Å². The molecule has 7 bridgehead atoms. The fourth-order valence-electron chi connectivity index (χ4n) is 15.2. The molecule has 11 heteroatoms. The number of hydrogen-bond acceptors (Lipinski definition) is 11. The van der Waals surface area contributed by atoms with Gasteiger partial charge in [-0.1, -0.05) is 11.6 Å². The monoisotopic (exact) mass is 750 g/mol. The van der Waals surface area contributed by atoms with Crippen LogP contribution in [0.25, 0.3) is 11.1 Å². The molecular formula is C44H54N4O7. The van der Waals surface area contributed by atoms with Gasteiger partial charge >= 0.3 is 11.9 Å². The summed E-state index contributed by atoms with van der Waals surface area (Å²) in [4.78, 5) is 38.6. The molecule has 0 radical (unpaired) electrons. The van der Waals surface area contributed by atoms with Crippen LogP contribution >= 0.6 is 0 Å². The number of benzene rings is 2. The first kappa shape index (κ1) is 34.4. The van der Waals surface area contributed by atoms with E-state index in [-0.39, 0.29) is 59.0 Å². The predicted molar refractivity (Wildman–Crippen MR) is 207 cm³/mol. The predicted octanol–water partition coefficient (Wildman–Crippen LogP) is 4.73. The normalized spacial score (nSPS) is 42.9. The number of hydrogen-bond donors (Lipinski definition) is 0. The lowest BCUT2D eigenvalue weighted by Gasteiger charge is -2.64. The number of esters is 2. The molecule has 8 heterocycles. The van der Waals surface area contributed by atoms with Crippen molar-refractivity contribution in [2.45, 2.75) is 86.2 Å². The van der Waals surface area contributed by atoms with E-state index in [1.807, 2.05) is 0 Å². The van der Waals surface area contributed by atoms with Gasteiger partial charge in [-0.15, -0.1) is 0 Å². The van der Waals surface area contributed by atoms with E-state index >= 15 is 0 Å². The first-order chi connectivity index (χ1) is 26.5. The van der Waals surface area contributed by atoms with E-state index < -0.39 is 10.8 Å². The van der Waals surface area contributed by atoms with Crippen LogP contribution < -0.4 is 19.3 Å². The molecule has 12 atom stereocenters. The Morgan fingerprint density at radius 1 is 0.873 bits per heavy atom. The number of anilines is 2. The second-order valence-electron chi connectivity index (χ2n) is 18.1. The number of likely N-dealkylation sites (N-methyl/N-ethyl adjacent to an activating group) is 2. The standard InChI is InChI=1S/C44H54N4O7/c1-9-24-21-48-15-13-42-29-19-34(51-5)27(17-32(29)46(4)44(42,48)11-10-25(24)36(42)39(49)53-7)26-16-28-31(20-35(26)52-6)45(3)38-33-18-30-37(40(50)54-8)41(28,38)12-14-47(33)22-43(30)23(2)55-43/h9,16-17,19-20,23,25,30,33,36-38H,10-15,18,21-22H2,1-8H3/t23-,25+,30-,33+,36+,37+,38+,41+,42+,43-,44+/m1/s1. The zero-order chi connectivity index (χ0) is 38.1. The van der Waals surface area contributed by atoms with E-state index in [2.05, 4.69) is 77.9 Å². The highest BCUT2D eigenvalue weighted by atomic mass is 16.6. The van der Waals surface area contributed by atoms with Crippen molar-refractivity contribution in [1.29, 1.82) is 0 Å². The molecule has 0 amide bonds. The Bertz CT molecular complexity index is 2100. The lowest BCUT2D eigenvalue weighted by molar-refractivity contribution is -0.169. The summed E-state index contributed by atoms with van der Waals surface area (Å²) in [6.45, 7) is 7.86. The number of carbonyl (C=O) groups excluding carboxylic acids is 2. The van der Waals surface area contributed by atoms with Gasteiger partial charge in [0, 0.05) is 85.1 Å². The Morgan fingerprint density at radius 3 is 2.27 bits per heavy atom. The third-order valence-corrected chi connectivity index (χ3v) is 17.2. The molecule has 2 aromatic carbocycles. The number of nitrogens with zero attached hydrogens (tertiary/aromatic N) is 4. The summed E-state index contributed by atoms with van der Waals surface area (Å²) >= 11 is 0. The molecule has 2 saturated carbocycles. The van der Waals surface area contributed by atoms with Crippen molar-refractivity contribution in [2.75, 3.05) is 78.5 Å². The average Bonchev–Trinajstić information content (AvgIpc) is 3.61. The Hall–Kier alpha value is -3.80. The Kier molecular flexibility index (Phi) is 6.88. The zero-order valence-electron chi connectivity index (χ0n) is 33.4. The van der Waals surface area contributed by atoms with Gasteiger partial charge in [0.05, 0.1) is 52.4 Å². The Morgan fingerprint density at radius 2 is 1.58 bits per heavy atom. The maximum absolute atomic E-state index is 14.3. The third kappa shape index (κ3) is 3.63. The minimum atomic E-state index is -0.448. The van der Waals surface area contributed by atoms with Crippen LogP contribution in [0.5, 0.6) is 11.5 Å². The number of carbonyl (C=O) groups is 2. The average molecular weight is 751 g/mol. The second kappa shape index (κ2) is 11.0. The molecule has 10 aliphatic rings. The van der Waals surface area contributed by atoms with Crippen LogP contribution in [-0.4, -0.2) is 120 Å². The highest BCUT2D eigenvalue weighted by Crippen LogP contribution is 2.72. The number of piperidine rings is 2. The molecule has 8 fully saturated rings. The summed E-state index contributed by atoms with van der Waals surface area (Å²) in [7, 11) is 11.0. The minimum Gasteiger partial charge on any atom is -0.496 e. The third-order valence-electron chi connectivity index (χ3n) is 17.2. The van der Waals surface area contributed by atoms with Gasteiger partial charge in [-0.05, 0) is 87.7 Å². The first-order valence-corrected chi connectivity index (χ1v) is 20.4. The molecule has 8 aliphatic heterocycles. The van der Waals surface area contributed by atoms with E-state index in [1.165, 1.54) is 16.7 Å². The highest BCUT2D eigenvalue weighted by Gasteiger charge is 2.78. The van der Waals surface area contributed by atoms with Crippen LogP contribution in [0.3, 0.4) is 0 Å². The molecule has 55 heavy (non-hydrogen) atoms. The van der Waals surface area contributed by atoms with E-state index in [0.717, 1.165) is 92.3 Å². The molecule has 6 saturated heterocycles. The molecule has 11 nitrogen and oxygen atoms in total. The summed E-state index contributed by atoms with van der Waals surface area (Å²) in [5, 5.41) is 0. The van der Waals surface area contributed by atoms with Crippen LogP contribution in [0.4, 0.5) is 11.4 Å². The first-order valence-electron chi connectivity index (χ1n) is 20.4. The fraction of sp³-hybridized carbons (Fsp3) is 0.636. The number of epoxide rings is 1. The molecule has 2 spiro atoms. The van der Waals surface area contributed by atoms with Gasteiger partial charge in [0.15, 0.2) is 0 Å². The molecule has 2 aliphatic carbocycles. The maximum atomic E-state index is 14.3. The van der Waals surface area contributed by atoms with E-state index in [9.17, 15) is 9.59 Å². The van der Waals surface area contributed by atoms with Gasteiger partial charge in [-0.2, -0.15) is 0 Å². The SMILES string of the molecule is CC=C1CN2CC[C@@]34c5cc(OC)c(-c6cc7c(cc6OC)N(C)[C@H]6[C@@H]8C[C@@H]9[C@@H](C(=O)OC)[C@]76CCN8C[C@]96O[C@@H]6C)cc5N(C)[C@@]23CC[C@@H]1[C@H]4C(=O)OC. The smallest absolute Gasteiger partial charge is 0.310 e. The van der Waals surface area contributed by atoms with Crippen LogP contribution in [0.1, 0.15) is 57.1 Å². The van der Waals surface area contributed by atoms with Crippen molar-refractivity contribution in [3.8, 4) is 22.6 Å². The number of methoxy groups -OCH3 is 4. The second-order valence-corrected chi connectivity index (χ2v) is 18.1. The van der Waals surface area contributed by atoms with Crippen molar-refractivity contribution in [3.05, 3.63) is 47.0 Å². The summed E-state index contributed by atoms with van der Waals surface area (Å²) in [6, 6.07) is 9.49. The van der Waals surface area contributed by atoms with E-state index in [4.69, 9.17) is 23.7 Å². The van der Waals surface area contributed by atoms with Gasteiger partial charge in [0.2, 0.25) is 0 Å². The maximum Gasteiger partial charge on any atom is 0.310 e. The molecule has 2 aromatic rings. The molecule has 0 N–H and O–H groups in total. The highest BCUT2D eigenvalue weighted by molar-refractivity contribution is 5.89. The number of rotatable bonds is 5. The summed E-state index contributed by atoms with van der Waals surface area (Å²) in [5.41, 5.74) is 6.31. The molecular weight excluding hydrogens is 697 g/mol. The summed E-state index contributed by atoms with van der Waals surface area (Å²) < 4.78 is 30.6. The van der Waals surface area contributed by atoms with Crippen LogP contribution in [0.15, 0.2) is 35.9 Å². The van der Waals surface area contributed by atoms with Crippen molar-refractivity contribution >= 4 is 23.3 Å². The number of allylic oxidation sites excluding steroid dienone is 1. The summed E-state index contributed by atoms with van der Waals surface area (Å²) in [5.74, 6) is 0.877. The van der Waals surface area contributed by atoms with Crippen molar-refractivity contribution in [1.82, 2.24) is 9.80 Å². The Labute approximate surface area is 323 Å². The van der Waals surface area contributed by atoms with Crippen molar-refractivity contribution < 1.29 is 33.3 Å². The molecule has 1 unspecified atom stereocenters. The fourth-order valence-corrected chi connectivity index (χ4v) is 15.2. The van der Waals surface area contributed by atoms with Gasteiger partial charge in [-0.3, -0.25) is 19.4 Å². The van der Waals surface area contributed by atoms with Crippen molar-refractivity contribution in [2.24, 2.45) is 23.7 Å². The summed E-state index contributed by atoms with van der Waals surface area (Å²) in [6.07, 6.45) is 6.96. The molecule has 12 rings (SSSR count). The van der Waals surface area contributed by atoms with Crippen molar-refractivity contribution in [3.63, 3.8) is 0 Å². The minimum absolute atomic E-state index is 0.0817. The lowest BCUT2D eigenvalue weighted by atomic mass is 9.48. The van der Waals surface area contributed by atoms with Gasteiger partial charge in [0.1, 0.15) is 22.8 Å². The van der Waals surface area contributed by atoms with Gasteiger partial charge < -0.3 is 33.5 Å². The van der Waals surface area contributed by atoms with E-state index in [1.54, 1.807) is 28.4 Å². The van der Waals surface area contributed by atoms with Crippen LogP contribution in [-0.2, 0) is 34.6 Å².